The number of amides is 2. The summed E-state index contributed by atoms with van der Waals surface area (Å²) < 4.78 is 10.2. The van der Waals surface area contributed by atoms with Crippen LogP contribution in [0.3, 0.4) is 0 Å². The van der Waals surface area contributed by atoms with E-state index in [9.17, 15) is 14.4 Å². The second-order valence-corrected chi connectivity index (χ2v) is 5.87. The number of carbonyl (C=O) groups is 3. The highest BCUT2D eigenvalue weighted by molar-refractivity contribution is 5.96. The molecule has 2 aromatic rings. The molecule has 8 heteroatoms. The molecule has 1 atom stereocenters. The molecule has 0 unspecified atom stereocenters. The van der Waals surface area contributed by atoms with E-state index in [1.54, 1.807) is 26.0 Å². The van der Waals surface area contributed by atoms with Gasteiger partial charge >= 0.3 is 5.97 Å². The number of hydrogen-bond acceptors (Lipinski definition) is 6. The topological polar surface area (TPSA) is 125 Å². The molecule has 1 aromatic heterocycles. The second-order valence-electron chi connectivity index (χ2n) is 5.87. The number of hydrogen-bond donors (Lipinski definition) is 2. The monoisotopic (exact) mass is 359 g/mol. The maximum Gasteiger partial charge on any atom is 0.306 e. The molecule has 138 valence electrons. The first kappa shape index (κ1) is 19.2. The van der Waals surface area contributed by atoms with Crippen molar-refractivity contribution in [3.63, 3.8) is 0 Å². The van der Waals surface area contributed by atoms with E-state index in [0.717, 1.165) is 11.3 Å². The smallest absolute Gasteiger partial charge is 0.306 e. The summed E-state index contributed by atoms with van der Waals surface area (Å²) in [6.07, 6.45) is -0.403. The van der Waals surface area contributed by atoms with Gasteiger partial charge in [-0.1, -0.05) is 5.16 Å². The van der Waals surface area contributed by atoms with E-state index in [4.69, 9.17) is 15.0 Å². The number of esters is 1. The Morgan fingerprint density at radius 2 is 1.88 bits per heavy atom. The standard InChI is InChI=1S/C18H21N3O5/c1-10-15(11(2)26-21-10)8-9-16(22)25-12(3)18(24)20-14-6-4-13(5-7-14)17(19)23/h4-7,12H,8-9H2,1-3H3,(H2,19,23)(H,20,24)/t12-/m1/s1. The summed E-state index contributed by atoms with van der Waals surface area (Å²) in [4.78, 5) is 35.1. The van der Waals surface area contributed by atoms with Gasteiger partial charge in [0.05, 0.1) is 5.69 Å². The number of carbonyl (C=O) groups excluding carboxylic acids is 3. The third-order valence-corrected chi connectivity index (χ3v) is 3.87. The van der Waals surface area contributed by atoms with Crippen molar-refractivity contribution in [2.75, 3.05) is 5.32 Å². The minimum Gasteiger partial charge on any atom is -0.453 e. The van der Waals surface area contributed by atoms with Gasteiger partial charge in [-0.2, -0.15) is 0 Å². The Morgan fingerprint density at radius 3 is 2.42 bits per heavy atom. The van der Waals surface area contributed by atoms with Crippen LogP contribution >= 0.6 is 0 Å². The van der Waals surface area contributed by atoms with Gasteiger partial charge in [-0.05, 0) is 51.5 Å². The molecule has 0 aliphatic heterocycles. The van der Waals surface area contributed by atoms with Crippen molar-refractivity contribution in [1.82, 2.24) is 5.16 Å². The number of nitrogens with one attached hydrogen (secondary N) is 1. The zero-order valence-electron chi connectivity index (χ0n) is 14.9. The van der Waals surface area contributed by atoms with Gasteiger partial charge in [0.15, 0.2) is 6.10 Å². The van der Waals surface area contributed by atoms with E-state index >= 15 is 0 Å². The number of ether oxygens (including phenoxy) is 1. The third-order valence-electron chi connectivity index (χ3n) is 3.87. The Kier molecular flexibility index (Phi) is 6.11. The van der Waals surface area contributed by atoms with Crippen LogP contribution in [0.2, 0.25) is 0 Å². The predicted molar refractivity (Wildman–Crippen MR) is 93.4 cm³/mol. The fourth-order valence-corrected chi connectivity index (χ4v) is 2.36. The van der Waals surface area contributed by atoms with E-state index in [1.165, 1.54) is 19.1 Å². The minimum absolute atomic E-state index is 0.119. The number of nitrogens with two attached hydrogens (primary N) is 1. The SMILES string of the molecule is Cc1noc(C)c1CCC(=O)O[C@H](C)C(=O)Nc1ccc(C(N)=O)cc1. The van der Waals surface area contributed by atoms with E-state index in [1.807, 2.05) is 0 Å². The number of anilines is 1. The molecule has 1 heterocycles. The summed E-state index contributed by atoms with van der Waals surface area (Å²) in [6, 6.07) is 6.09. The van der Waals surface area contributed by atoms with Crippen LogP contribution in [-0.2, 0) is 20.7 Å². The Morgan fingerprint density at radius 1 is 1.23 bits per heavy atom. The van der Waals surface area contributed by atoms with Crippen molar-refractivity contribution in [1.29, 1.82) is 0 Å². The Balaban J connectivity index is 1.84. The first-order valence-electron chi connectivity index (χ1n) is 8.10. The zero-order chi connectivity index (χ0) is 19.3. The lowest BCUT2D eigenvalue weighted by molar-refractivity contribution is -0.153. The zero-order valence-corrected chi connectivity index (χ0v) is 14.9. The molecule has 3 N–H and O–H groups in total. The summed E-state index contributed by atoms with van der Waals surface area (Å²) in [7, 11) is 0. The van der Waals surface area contributed by atoms with Gasteiger partial charge in [-0.3, -0.25) is 14.4 Å². The highest BCUT2D eigenvalue weighted by atomic mass is 16.5. The third kappa shape index (κ3) is 4.92. The molecule has 26 heavy (non-hydrogen) atoms. The highest BCUT2D eigenvalue weighted by Gasteiger charge is 2.19. The molecular formula is C18H21N3O5. The van der Waals surface area contributed by atoms with Gasteiger partial charge in [-0.25, -0.2) is 0 Å². The number of benzene rings is 1. The minimum atomic E-state index is -0.956. The number of primary amides is 1. The normalized spacial score (nSPS) is 11.7. The van der Waals surface area contributed by atoms with Crippen LogP contribution in [-0.4, -0.2) is 29.0 Å². The van der Waals surface area contributed by atoms with Crippen LogP contribution in [0.25, 0.3) is 0 Å². The van der Waals surface area contributed by atoms with E-state index in [2.05, 4.69) is 10.5 Å². The molecule has 1 aromatic carbocycles. The maximum atomic E-state index is 12.1. The largest absolute Gasteiger partial charge is 0.453 e. The van der Waals surface area contributed by atoms with Gasteiger partial charge in [0, 0.05) is 23.2 Å². The molecule has 0 aliphatic carbocycles. The fourth-order valence-electron chi connectivity index (χ4n) is 2.36. The summed E-state index contributed by atoms with van der Waals surface area (Å²) in [5.74, 6) is -0.844. The predicted octanol–water partition coefficient (Wildman–Crippen LogP) is 1.89. The molecule has 0 aliphatic rings. The number of rotatable bonds is 7. The van der Waals surface area contributed by atoms with E-state index in [0.29, 0.717) is 23.4 Å². The van der Waals surface area contributed by atoms with Crippen LogP contribution < -0.4 is 11.1 Å². The summed E-state index contributed by atoms with van der Waals surface area (Å²) in [5, 5.41) is 6.43. The van der Waals surface area contributed by atoms with E-state index < -0.39 is 23.9 Å². The first-order valence-corrected chi connectivity index (χ1v) is 8.10. The lowest BCUT2D eigenvalue weighted by atomic mass is 10.1. The number of aromatic nitrogens is 1. The molecular weight excluding hydrogens is 338 g/mol. The Hall–Kier alpha value is -3.16. The molecule has 2 rings (SSSR count). The first-order chi connectivity index (χ1) is 12.3. The average Bonchev–Trinajstić information content (AvgIpc) is 2.91. The molecule has 2 amide bonds. The molecule has 0 fully saturated rings. The lowest BCUT2D eigenvalue weighted by Crippen LogP contribution is -2.30. The van der Waals surface area contributed by atoms with Gasteiger partial charge in [0.25, 0.3) is 5.91 Å². The Bertz CT molecular complexity index is 791. The fraction of sp³-hybridized carbons (Fsp3) is 0.333. The van der Waals surface area contributed by atoms with Gasteiger partial charge in [0.2, 0.25) is 5.91 Å². The quantitative estimate of drug-likeness (QED) is 0.727. The molecule has 0 radical (unpaired) electrons. The van der Waals surface area contributed by atoms with Crippen molar-refractivity contribution in [2.24, 2.45) is 5.73 Å². The molecule has 0 saturated carbocycles. The van der Waals surface area contributed by atoms with Crippen molar-refractivity contribution < 1.29 is 23.6 Å². The van der Waals surface area contributed by atoms with Crippen LogP contribution in [0.4, 0.5) is 5.69 Å². The molecule has 8 nitrogen and oxygen atoms in total. The van der Waals surface area contributed by atoms with Crippen LogP contribution in [0, 0.1) is 13.8 Å². The van der Waals surface area contributed by atoms with Gasteiger partial charge < -0.3 is 20.3 Å². The maximum absolute atomic E-state index is 12.1. The van der Waals surface area contributed by atoms with Crippen molar-refractivity contribution in [3.8, 4) is 0 Å². The molecule has 0 bridgehead atoms. The van der Waals surface area contributed by atoms with Crippen molar-refractivity contribution in [2.45, 2.75) is 39.7 Å². The summed E-state index contributed by atoms with van der Waals surface area (Å²) in [6.45, 7) is 5.07. The van der Waals surface area contributed by atoms with Gasteiger partial charge in [0.1, 0.15) is 5.76 Å². The van der Waals surface area contributed by atoms with Crippen LogP contribution in [0.1, 0.15) is 40.7 Å². The highest BCUT2D eigenvalue weighted by Crippen LogP contribution is 2.15. The number of aryl methyl sites for hydroxylation is 2. The van der Waals surface area contributed by atoms with Gasteiger partial charge in [-0.15, -0.1) is 0 Å². The molecule has 0 spiro atoms. The number of nitrogens with zero attached hydrogens (tertiary/aromatic N) is 1. The van der Waals surface area contributed by atoms with Crippen LogP contribution in [0.5, 0.6) is 0 Å². The summed E-state index contributed by atoms with van der Waals surface area (Å²) in [5.41, 5.74) is 7.57. The van der Waals surface area contributed by atoms with E-state index in [-0.39, 0.29) is 6.42 Å². The Labute approximate surface area is 150 Å². The lowest BCUT2D eigenvalue weighted by Gasteiger charge is -2.13. The molecule has 0 saturated heterocycles. The average molecular weight is 359 g/mol. The van der Waals surface area contributed by atoms with Crippen molar-refractivity contribution >= 4 is 23.5 Å². The van der Waals surface area contributed by atoms with Crippen LogP contribution in [0.15, 0.2) is 28.8 Å². The van der Waals surface area contributed by atoms with Crippen molar-refractivity contribution in [3.05, 3.63) is 46.8 Å². The summed E-state index contributed by atoms with van der Waals surface area (Å²) >= 11 is 0. The second kappa shape index (κ2) is 8.28.